The maximum atomic E-state index is 4.43. The Hall–Kier alpha value is -0.360. The SMILES string of the molecule is Cc1ccc(N2CCN(I)CC2)nc1. The van der Waals surface area contributed by atoms with Crippen LogP contribution in [0.2, 0.25) is 0 Å². The number of hydrogen-bond donors (Lipinski definition) is 0. The second-order valence-electron chi connectivity index (χ2n) is 3.59. The van der Waals surface area contributed by atoms with Crippen molar-refractivity contribution in [2.24, 2.45) is 0 Å². The summed E-state index contributed by atoms with van der Waals surface area (Å²) in [5.74, 6) is 1.11. The van der Waals surface area contributed by atoms with E-state index < -0.39 is 0 Å². The van der Waals surface area contributed by atoms with Gasteiger partial charge in [-0.05, 0) is 18.6 Å². The maximum absolute atomic E-state index is 4.43. The van der Waals surface area contributed by atoms with E-state index in [1.165, 1.54) is 5.56 Å². The summed E-state index contributed by atoms with van der Waals surface area (Å²) in [5.41, 5.74) is 1.22. The van der Waals surface area contributed by atoms with Crippen LogP contribution in [0.5, 0.6) is 0 Å². The molecule has 2 rings (SSSR count). The third-order valence-corrected chi connectivity index (χ3v) is 3.41. The Morgan fingerprint density at radius 2 is 1.93 bits per heavy atom. The minimum absolute atomic E-state index is 1.08. The van der Waals surface area contributed by atoms with E-state index in [0.29, 0.717) is 0 Å². The molecule has 0 unspecified atom stereocenters. The van der Waals surface area contributed by atoms with Gasteiger partial charge in [-0.25, -0.2) is 8.10 Å². The molecule has 1 fully saturated rings. The molecule has 0 amide bonds. The minimum Gasteiger partial charge on any atom is -0.354 e. The molecule has 3 nitrogen and oxygen atoms in total. The Labute approximate surface area is 98.6 Å². The average molecular weight is 303 g/mol. The highest BCUT2D eigenvalue weighted by atomic mass is 127. The van der Waals surface area contributed by atoms with E-state index in [-0.39, 0.29) is 0 Å². The fraction of sp³-hybridized carbons (Fsp3) is 0.500. The van der Waals surface area contributed by atoms with Gasteiger partial charge in [0.1, 0.15) is 5.82 Å². The van der Waals surface area contributed by atoms with E-state index in [1.807, 2.05) is 6.20 Å². The number of rotatable bonds is 1. The van der Waals surface area contributed by atoms with Gasteiger partial charge in [0.05, 0.1) is 0 Å². The molecular formula is C10H14IN3. The monoisotopic (exact) mass is 303 g/mol. The van der Waals surface area contributed by atoms with E-state index in [9.17, 15) is 0 Å². The summed E-state index contributed by atoms with van der Waals surface area (Å²) < 4.78 is 2.32. The number of anilines is 1. The molecule has 1 saturated heterocycles. The number of halogens is 1. The third kappa shape index (κ3) is 2.36. The van der Waals surface area contributed by atoms with Gasteiger partial charge in [-0.2, -0.15) is 0 Å². The van der Waals surface area contributed by atoms with E-state index in [4.69, 9.17) is 0 Å². The highest BCUT2D eigenvalue weighted by Gasteiger charge is 2.15. The zero-order chi connectivity index (χ0) is 9.97. The van der Waals surface area contributed by atoms with Crippen molar-refractivity contribution in [3.63, 3.8) is 0 Å². The van der Waals surface area contributed by atoms with Gasteiger partial charge in [0.15, 0.2) is 0 Å². The molecule has 0 spiro atoms. The first-order valence-corrected chi connectivity index (χ1v) is 5.80. The highest BCUT2D eigenvalue weighted by Crippen LogP contribution is 2.14. The summed E-state index contributed by atoms with van der Waals surface area (Å²) in [6.07, 6.45) is 1.94. The van der Waals surface area contributed by atoms with Crippen molar-refractivity contribution in [3.05, 3.63) is 23.9 Å². The molecule has 1 aromatic heterocycles. The molecule has 0 bridgehead atoms. The smallest absolute Gasteiger partial charge is 0.128 e. The molecule has 2 heterocycles. The molecule has 0 saturated carbocycles. The molecule has 4 heteroatoms. The van der Waals surface area contributed by atoms with Crippen LogP contribution in [-0.4, -0.2) is 34.3 Å². The lowest BCUT2D eigenvalue weighted by atomic mass is 10.3. The summed E-state index contributed by atoms with van der Waals surface area (Å²) in [7, 11) is 0. The van der Waals surface area contributed by atoms with E-state index in [2.05, 4.69) is 54.9 Å². The first-order chi connectivity index (χ1) is 6.75. The lowest BCUT2D eigenvalue weighted by Crippen LogP contribution is -2.42. The van der Waals surface area contributed by atoms with Crippen molar-refractivity contribution in [3.8, 4) is 0 Å². The third-order valence-electron chi connectivity index (χ3n) is 2.44. The summed E-state index contributed by atoms with van der Waals surface area (Å²) in [5, 5.41) is 0. The van der Waals surface area contributed by atoms with Crippen molar-refractivity contribution in [1.82, 2.24) is 8.10 Å². The van der Waals surface area contributed by atoms with Crippen LogP contribution in [0.1, 0.15) is 5.56 Å². The van der Waals surface area contributed by atoms with Crippen LogP contribution in [0.15, 0.2) is 18.3 Å². The predicted octanol–water partition coefficient (Wildman–Crippen LogP) is 1.86. The van der Waals surface area contributed by atoms with Crippen LogP contribution in [0.3, 0.4) is 0 Å². The van der Waals surface area contributed by atoms with Crippen LogP contribution >= 0.6 is 22.9 Å². The van der Waals surface area contributed by atoms with Gasteiger partial charge in [0, 0.05) is 55.2 Å². The molecular weight excluding hydrogens is 289 g/mol. The summed E-state index contributed by atoms with van der Waals surface area (Å²) in [6.45, 7) is 6.48. The average Bonchev–Trinajstić information content (AvgIpc) is 2.21. The van der Waals surface area contributed by atoms with Crippen LogP contribution in [-0.2, 0) is 0 Å². The molecule has 0 N–H and O–H groups in total. The molecule has 0 aliphatic carbocycles. The van der Waals surface area contributed by atoms with Gasteiger partial charge in [-0.3, -0.25) is 0 Å². The Kier molecular flexibility index (Phi) is 3.22. The standard InChI is InChI=1S/C10H14IN3/c1-9-2-3-10(12-8-9)13-4-6-14(11)7-5-13/h2-3,8H,4-7H2,1H3. The first-order valence-electron chi connectivity index (χ1n) is 4.84. The molecule has 14 heavy (non-hydrogen) atoms. The zero-order valence-electron chi connectivity index (χ0n) is 8.28. The molecule has 0 aromatic carbocycles. The predicted molar refractivity (Wildman–Crippen MR) is 66.8 cm³/mol. The number of nitrogens with zero attached hydrogens (tertiary/aromatic N) is 3. The van der Waals surface area contributed by atoms with Crippen molar-refractivity contribution in [2.45, 2.75) is 6.92 Å². The quantitative estimate of drug-likeness (QED) is 0.583. The second kappa shape index (κ2) is 4.44. The summed E-state index contributed by atoms with van der Waals surface area (Å²) in [4.78, 5) is 6.77. The fourth-order valence-corrected chi connectivity index (χ4v) is 1.99. The molecule has 76 valence electrons. The first kappa shape index (κ1) is 10.2. The fourth-order valence-electron chi connectivity index (χ4n) is 1.56. The Morgan fingerprint density at radius 3 is 2.50 bits per heavy atom. The molecule has 1 aliphatic rings. The van der Waals surface area contributed by atoms with Crippen LogP contribution in [0.4, 0.5) is 5.82 Å². The molecule has 1 aliphatic heterocycles. The minimum atomic E-state index is 1.08. The van der Waals surface area contributed by atoms with Crippen molar-refractivity contribution >= 4 is 28.7 Å². The summed E-state index contributed by atoms with van der Waals surface area (Å²) in [6, 6.07) is 4.23. The van der Waals surface area contributed by atoms with Gasteiger partial charge in [-0.15, -0.1) is 0 Å². The lowest BCUT2D eigenvalue weighted by Gasteiger charge is -2.31. The highest BCUT2D eigenvalue weighted by molar-refractivity contribution is 14.1. The van der Waals surface area contributed by atoms with Gasteiger partial charge in [-0.1, -0.05) is 6.07 Å². The van der Waals surface area contributed by atoms with E-state index >= 15 is 0 Å². The van der Waals surface area contributed by atoms with Gasteiger partial charge in [0.2, 0.25) is 0 Å². The van der Waals surface area contributed by atoms with Gasteiger partial charge < -0.3 is 4.90 Å². The van der Waals surface area contributed by atoms with Gasteiger partial charge >= 0.3 is 0 Å². The largest absolute Gasteiger partial charge is 0.354 e. The Balaban J connectivity index is 2.05. The summed E-state index contributed by atoms with van der Waals surface area (Å²) >= 11 is 2.38. The van der Waals surface area contributed by atoms with E-state index in [1.54, 1.807) is 0 Å². The van der Waals surface area contributed by atoms with Crippen molar-refractivity contribution in [1.29, 1.82) is 0 Å². The number of aromatic nitrogens is 1. The Morgan fingerprint density at radius 1 is 1.21 bits per heavy atom. The lowest BCUT2D eigenvalue weighted by molar-refractivity contribution is 0.458. The maximum Gasteiger partial charge on any atom is 0.128 e. The number of pyridine rings is 1. The Bertz CT molecular complexity index is 291. The van der Waals surface area contributed by atoms with Crippen molar-refractivity contribution in [2.75, 3.05) is 31.1 Å². The number of hydrogen-bond acceptors (Lipinski definition) is 3. The normalized spacial score (nSPS) is 18.6. The number of piperazine rings is 1. The topological polar surface area (TPSA) is 19.4 Å². The number of aryl methyl sites for hydroxylation is 1. The second-order valence-corrected chi connectivity index (χ2v) is 4.96. The zero-order valence-corrected chi connectivity index (χ0v) is 10.4. The molecule has 1 aromatic rings. The molecule has 0 atom stereocenters. The van der Waals surface area contributed by atoms with Crippen LogP contribution in [0, 0.1) is 6.92 Å². The van der Waals surface area contributed by atoms with E-state index in [0.717, 1.165) is 32.0 Å². The molecule has 0 radical (unpaired) electrons. The van der Waals surface area contributed by atoms with Crippen LogP contribution < -0.4 is 4.90 Å². The van der Waals surface area contributed by atoms with Gasteiger partial charge in [0.25, 0.3) is 0 Å². The van der Waals surface area contributed by atoms with Crippen molar-refractivity contribution < 1.29 is 0 Å². The van der Waals surface area contributed by atoms with Crippen LogP contribution in [0.25, 0.3) is 0 Å².